The Morgan fingerprint density at radius 2 is 1.20 bits per heavy atom. The van der Waals surface area contributed by atoms with E-state index in [0.29, 0.717) is 5.78 Å². The second-order valence-electron chi connectivity index (χ2n) is 12.1. The number of carbonyl (C=O) groups excluding carboxylic acids is 1. The van der Waals surface area contributed by atoms with Gasteiger partial charge in [0.2, 0.25) is 0 Å². The number of unbranched alkanes of at least 4 members (excludes halogenated alkanes) is 9. The Kier molecular flexibility index (Phi) is 23.3. The summed E-state index contributed by atoms with van der Waals surface area (Å²) in [6, 6.07) is 0. The fourth-order valence-electron chi connectivity index (χ4n) is 5.58. The zero-order valence-electron chi connectivity index (χ0n) is 25.1. The summed E-state index contributed by atoms with van der Waals surface area (Å²) in [6.45, 7) is 18.0. The monoisotopic (exact) mass is 492 g/mol. The summed E-state index contributed by atoms with van der Waals surface area (Å²) in [5, 5.41) is 0. The van der Waals surface area contributed by atoms with Gasteiger partial charge in [-0.1, -0.05) is 117 Å². The van der Waals surface area contributed by atoms with Crippen LogP contribution in [0.4, 0.5) is 0 Å². The van der Waals surface area contributed by atoms with Crippen LogP contribution in [0, 0.1) is 17.8 Å². The lowest BCUT2D eigenvalue weighted by atomic mass is 9.90. The Hall–Kier alpha value is -0.630. The maximum absolute atomic E-state index is 11.0. The molecule has 0 aromatic rings. The molecule has 0 heterocycles. The van der Waals surface area contributed by atoms with Crippen LogP contribution in [0.15, 0.2) is 12.2 Å². The summed E-state index contributed by atoms with van der Waals surface area (Å²) in [7, 11) is 2.29. The minimum atomic E-state index is 0.334. The first-order valence-corrected chi connectivity index (χ1v) is 15.6. The fourth-order valence-corrected chi connectivity index (χ4v) is 5.58. The molecule has 0 rings (SSSR count). The number of Topliss-reactive ketones (excluding diaryl/α,β-unsaturated/α-hetero) is 1. The van der Waals surface area contributed by atoms with Crippen molar-refractivity contribution >= 4 is 5.78 Å². The van der Waals surface area contributed by atoms with Crippen LogP contribution in [0.25, 0.3) is 0 Å². The van der Waals surface area contributed by atoms with Crippen LogP contribution in [0.2, 0.25) is 0 Å². The van der Waals surface area contributed by atoms with E-state index in [2.05, 4.69) is 46.2 Å². The Morgan fingerprint density at radius 1 is 0.714 bits per heavy atom. The van der Waals surface area contributed by atoms with Crippen LogP contribution in [0.3, 0.4) is 0 Å². The molecular weight excluding hydrogens is 426 g/mol. The molecule has 2 heteroatoms. The maximum Gasteiger partial charge on any atom is 0.129 e. The van der Waals surface area contributed by atoms with E-state index in [1.54, 1.807) is 6.92 Å². The zero-order chi connectivity index (χ0) is 26.3. The van der Waals surface area contributed by atoms with Crippen molar-refractivity contribution in [3.8, 4) is 0 Å². The van der Waals surface area contributed by atoms with E-state index in [1.807, 2.05) is 0 Å². The van der Waals surface area contributed by atoms with Gasteiger partial charge in [0.05, 0.1) is 0 Å². The molecule has 0 aliphatic heterocycles. The molecule has 2 nitrogen and oxygen atoms in total. The molecule has 0 radical (unpaired) electrons. The van der Waals surface area contributed by atoms with Gasteiger partial charge in [0, 0.05) is 19.5 Å². The largest absolute Gasteiger partial charge is 0.306 e. The molecule has 0 N–H and O–H groups in total. The summed E-state index contributed by atoms with van der Waals surface area (Å²) in [5.41, 5.74) is 1.51. The topological polar surface area (TPSA) is 20.3 Å². The van der Waals surface area contributed by atoms with Gasteiger partial charge >= 0.3 is 0 Å². The quantitative estimate of drug-likeness (QED) is 0.0885. The second kappa shape index (κ2) is 23.7. The average Bonchev–Trinajstić information content (AvgIpc) is 2.79. The van der Waals surface area contributed by atoms with Crippen LogP contribution in [-0.2, 0) is 4.79 Å². The van der Waals surface area contributed by atoms with Crippen molar-refractivity contribution in [2.24, 2.45) is 17.8 Å². The number of carbonyl (C=O) groups is 1. The Balaban J connectivity index is 3.77. The third kappa shape index (κ3) is 23.5. The van der Waals surface area contributed by atoms with Gasteiger partial charge < -0.3 is 9.69 Å². The minimum Gasteiger partial charge on any atom is -0.306 e. The average molecular weight is 492 g/mol. The van der Waals surface area contributed by atoms with E-state index >= 15 is 0 Å². The van der Waals surface area contributed by atoms with Crippen molar-refractivity contribution in [3.05, 3.63) is 12.2 Å². The third-order valence-electron chi connectivity index (χ3n) is 7.82. The SMILES string of the molecule is C=C(CCCCCC(C)CN(C)CC(C)CCCCCC(C)=O)CC(CC)CCCCCCCC. The van der Waals surface area contributed by atoms with Crippen molar-refractivity contribution in [1.82, 2.24) is 4.90 Å². The van der Waals surface area contributed by atoms with E-state index in [1.165, 1.54) is 128 Å². The predicted molar refractivity (Wildman–Crippen MR) is 158 cm³/mol. The molecule has 0 bridgehead atoms. The molecule has 35 heavy (non-hydrogen) atoms. The van der Waals surface area contributed by atoms with Crippen molar-refractivity contribution < 1.29 is 4.79 Å². The highest BCUT2D eigenvalue weighted by molar-refractivity contribution is 5.75. The van der Waals surface area contributed by atoms with Gasteiger partial charge in [-0.25, -0.2) is 0 Å². The lowest BCUT2D eigenvalue weighted by Gasteiger charge is -2.24. The maximum atomic E-state index is 11.0. The Labute approximate surface area is 222 Å². The van der Waals surface area contributed by atoms with Crippen LogP contribution in [-0.4, -0.2) is 30.8 Å². The molecule has 0 spiro atoms. The lowest BCUT2D eigenvalue weighted by molar-refractivity contribution is -0.117. The Morgan fingerprint density at radius 3 is 1.74 bits per heavy atom. The van der Waals surface area contributed by atoms with E-state index < -0.39 is 0 Å². The number of ketones is 1. The summed E-state index contributed by atoms with van der Waals surface area (Å²) >= 11 is 0. The van der Waals surface area contributed by atoms with Crippen LogP contribution < -0.4 is 0 Å². The molecule has 0 aromatic carbocycles. The second-order valence-corrected chi connectivity index (χ2v) is 12.1. The molecule has 0 aliphatic carbocycles. The van der Waals surface area contributed by atoms with Gasteiger partial charge in [0.15, 0.2) is 0 Å². The van der Waals surface area contributed by atoms with E-state index in [9.17, 15) is 4.79 Å². The van der Waals surface area contributed by atoms with Gasteiger partial charge in [0.25, 0.3) is 0 Å². The predicted octanol–water partition coefficient (Wildman–Crippen LogP) is 10.4. The lowest BCUT2D eigenvalue weighted by Crippen LogP contribution is -2.29. The number of hydrogen-bond donors (Lipinski definition) is 0. The molecule has 208 valence electrons. The van der Waals surface area contributed by atoms with Gasteiger partial charge in [-0.15, -0.1) is 0 Å². The van der Waals surface area contributed by atoms with Crippen LogP contribution in [0.1, 0.15) is 157 Å². The first-order valence-electron chi connectivity index (χ1n) is 15.6. The normalized spacial score (nSPS) is 14.3. The number of hydrogen-bond acceptors (Lipinski definition) is 2. The van der Waals surface area contributed by atoms with Gasteiger partial charge in [-0.2, -0.15) is 0 Å². The third-order valence-corrected chi connectivity index (χ3v) is 7.82. The van der Waals surface area contributed by atoms with Crippen LogP contribution >= 0.6 is 0 Å². The fraction of sp³-hybridized carbons (Fsp3) is 0.909. The summed E-state index contributed by atoms with van der Waals surface area (Å²) in [4.78, 5) is 13.6. The summed E-state index contributed by atoms with van der Waals surface area (Å²) < 4.78 is 0. The molecule has 0 saturated heterocycles. The van der Waals surface area contributed by atoms with Crippen molar-refractivity contribution in [2.75, 3.05) is 20.1 Å². The van der Waals surface area contributed by atoms with E-state index in [4.69, 9.17) is 0 Å². The first kappa shape index (κ1) is 34.4. The zero-order valence-corrected chi connectivity index (χ0v) is 25.1. The molecule has 0 amide bonds. The summed E-state index contributed by atoms with van der Waals surface area (Å²) in [5.74, 6) is 2.74. The first-order chi connectivity index (χ1) is 16.8. The van der Waals surface area contributed by atoms with E-state index in [0.717, 1.165) is 30.6 Å². The molecule has 3 unspecified atom stereocenters. The van der Waals surface area contributed by atoms with Gasteiger partial charge in [-0.3, -0.25) is 0 Å². The van der Waals surface area contributed by atoms with Gasteiger partial charge in [-0.05, 0) is 70.3 Å². The minimum absolute atomic E-state index is 0.334. The molecule has 0 aromatic heterocycles. The standard InChI is InChI=1S/C33H65NO/c1-8-10-11-12-13-20-25-33(9-2)26-29(3)21-16-14-17-22-30(4)27-34(7)28-31(5)23-18-15-19-24-32(6)35/h30-31,33H,3,8-28H2,1-2,4-7H3. The highest BCUT2D eigenvalue weighted by Crippen LogP contribution is 2.24. The van der Waals surface area contributed by atoms with Crippen molar-refractivity contribution in [2.45, 2.75) is 157 Å². The number of rotatable bonds is 26. The van der Waals surface area contributed by atoms with Crippen molar-refractivity contribution in [1.29, 1.82) is 0 Å². The molecule has 0 aliphatic rings. The van der Waals surface area contributed by atoms with Gasteiger partial charge in [0.1, 0.15) is 5.78 Å². The molecule has 0 saturated carbocycles. The van der Waals surface area contributed by atoms with Crippen LogP contribution in [0.5, 0.6) is 0 Å². The highest BCUT2D eigenvalue weighted by atomic mass is 16.1. The summed E-state index contributed by atoms with van der Waals surface area (Å²) in [6.07, 6.45) is 24.7. The van der Waals surface area contributed by atoms with Crippen molar-refractivity contribution in [3.63, 3.8) is 0 Å². The van der Waals surface area contributed by atoms with E-state index in [-0.39, 0.29) is 0 Å². The number of nitrogens with zero attached hydrogens (tertiary/aromatic N) is 1. The number of allylic oxidation sites excluding steroid dienone is 1. The molecular formula is C33H65NO. The molecule has 0 fully saturated rings. The smallest absolute Gasteiger partial charge is 0.129 e. The highest BCUT2D eigenvalue weighted by Gasteiger charge is 2.11. The Bertz CT molecular complexity index is 499. The molecule has 3 atom stereocenters.